The largest absolute Gasteiger partial charge is 0.441 e. The Labute approximate surface area is 151 Å². The van der Waals surface area contributed by atoms with E-state index in [-0.39, 0.29) is 6.10 Å². The van der Waals surface area contributed by atoms with E-state index in [0.29, 0.717) is 17.8 Å². The summed E-state index contributed by atoms with van der Waals surface area (Å²) in [5.41, 5.74) is 5.01. The lowest BCUT2D eigenvalue weighted by Crippen LogP contribution is -2.18. The van der Waals surface area contributed by atoms with E-state index in [9.17, 15) is 4.79 Å². The van der Waals surface area contributed by atoms with Gasteiger partial charge < -0.3 is 4.74 Å². The Hall–Kier alpha value is -2.10. The summed E-state index contributed by atoms with van der Waals surface area (Å²) in [5, 5.41) is 0. The lowest BCUT2D eigenvalue weighted by atomic mass is 9.82. The van der Waals surface area contributed by atoms with Crippen LogP contribution in [0.1, 0.15) is 94.6 Å². The molecule has 0 unspecified atom stereocenters. The maximum absolute atomic E-state index is 12.3. The zero-order valence-corrected chi connectivity index (χ0v) is 16.4. The number of carbonyl (C=O) groups excluding carboxylic acids is 1. The predicted molar refractivity (Wildman–Crippen MR) is 101 cm³/mol. The number of rotatable bonds is 5. The van der Waals surface area contributed by atoms with Gasteiger partial charge in [0.25, 0.3) is 0 Å². The Morgan fingerprint density at radius 2 is 1.52 bits per heavy atom. The fourth-order valence-corrected chi connectivity index (χ4v) is 3.12. The molecular formula is C21H30N2O2. The Bertz CT molecular complexity index is 686. The molecule has 4 nitrogen and oxygen atoms in total. The summed E-state index contributed by atoms with van der Waals surface area (Å²) >= 11 is 0. The first-order chi connectivity index (χ1) is 11.7. The van der Waals surface area contributed by atoms with Crippen LogP contribution in [0.5, 0.6) is 0 Å². The molecule has 1 aromatic carbocycles. The Morgan fingerprint density at radius 3 is 1.92 bits per heavy atom. The molecule has 0 spiro atoms. The highest BCUT2D eigenvalue weighted by Gasteiger charge is 2.24. The molecule has 1 atom stereocenters. The second-order valence-electron chi connectivity index (χ2n) is 7.57. The SMILES string of the molecule is CC(C)c1cc(C(C)C)c([C@@H](C)OC(=O)n2ccnc2)c(C(C)C)c1. The van der Waals surface area contributed by atoms with E-state index < -0.39 is 6.09 Å². The van der Waals surface area contributed by atoms with E-state index in [0.717, 1.165) is 5.56 Å². The third kappa shape index (κ3) is 4.30. The third-order valence-electron chi connectivity index (χ3n) is 4.58. The average molecular weight is 342 g/mol. The smallest absolute Gasteiger partial charge is 0.419 e. The van der Waals surface area contributed by atoms with E-state index in [1.54, 1.807) is 12.4 Å². The van der Waals surface area contributed by atoms with Crippen LogP contribution >= 0.6 is 0 Å². The monoisotopic (exact) mass is 342 g/mol. The van der Waals surface area contributed by atoms with Crippen LogP contribution in [0.15, 0.2) is 30.9 Å². The zero-order chi connectivity index (χ0) is 18.7. The summed E-state index contributed by atoms with van der Waals surface area (Å²) < 4.78 is 7.11. The van der Waals surface area contributed by atoms with Crippen LogP contribution in [0.3, 0.4) is 0 Å². The molecule has 0 fully saturated rings. The van der Waals surface area contributed by atoms with Gasteiger partial charge in [-0.15, -0.1) is 0 Å². The molecule has 4 heteroatoms. The van der Waals surface area contributed by atoms with Gasteiger partial charge >= 0.3 is 6.09 Å². The van der Waals surface area contributed by atoms with E-state index >= 15 is 0 Å². The maximum Gasteiger partial charge on any atom is 0.419 e. The van der Waals surface area contributed by atoms with Gasteiger partial charge in [-0.25, -0.2) is 14.3 Å². The van der Waals surface area contributed by atoms with Crippen molar-refractivity contribution in [2.75, 3.05) is 0 Å². The van der Waals surface area contributed by atoms with Crippen LogP contribution in [0.4, 0.5) is 4.79 Å². The Morgan fingerprint density at radius 1 is 0.960 bits per heavy atom. The molecule has 0 aliphatic heterocycles. The summed E-state index contributed by atoms with van der Waals surface area (Å²) in [7, 11) is 0. The Balaban J connectivity index is 2.48. The van der Waals surface area contributed by atoms with Crippen molar-refractivity contribution in [3.63, 3.8) is 0 Å². The molecule has 0 aliphatic rings. The molecule has 25 heavy (non-hydrogen) atoms. The molecule has 0 radical (unpaired) electrons. The minimum Gasteiger partial charge on any atom is -0.441 e. The van der Waals surface area contributed by atoms with Gasteiger partial charge in [-0.2, -0.15) is 0 Å². The minimum absolute atomic E-state index is 0.314. The van der Waals surface area contributed by atoms with E-state index in [1.165, 1.54) is 27.6 Å². The highest BCUT2D eigenvalue weighted by molar-refractivity contribution is 5.70. The molecule has 1 aromatic heterocycles. The molecule has 0 saturated carbocycles. The van der Waals surface area contributed by atoms with E-state index in [4.69, 9.17) is 4.74 Å². The maximum atomic E-state index is 12.3. The van der Waals surface area contributed by atoms with Crippen LogP contribution in [-0.4, -0.2) is 15.6 Å². The third-order valence-corrected chi connectivity index (χ3v) is 4.58. The number of imidazole rings is 1. The van der Waals surface area contributed by atoms with Crippen molar-refractivity contribution in [3.05, 3.63) is 53.1 Å². The van der Waals surface area contributed by atoms with Crippen molar-refractivity contribution in [1.82, 2.24) is 9.55 Å². The molecule has 0 N–H and O–H groups in total. The van der Waals surface area contributed by atoms with Gasteiger partial charge in [0.2, 0.25) is 0 Å². The first-order valence-corrected chi connectivity index (χ1v) is 9.08. The van der Waals surface area contributed by atoms with Crippen molar-refractivity contribution in [2.45, 2.75) is 72.3 Å². The topological polar surface area (TPSA) is 44.1 Å². The molecule has 0 saturated heterocycles. The number of nitrogens with zero attached hydrogens (tertiary/aromatic N) is 2. The van der Waals surface area contributed by atoms with E-state index in [1.807, 2.05) is 6.92 Å². The van der Waals surface area contributed by atoms with Crippen LogP contribution < -0.4 is 0 Å². The zero-order valence-electron chi connectivity index (χ0n) is 16.4. The van der Waals surface area contributed by atoms with Gasteiger partial charge in [-0.3, -0.25) is 0 Å². The summed E-state index contributed by atoms with van der Waals surface area (Å²) in [6, 6.07) is 4.55. The quantitative estimate of drug-likeness (QED) is 0.669. The molecule has 2 rings (SSSR count). The number of hydrogen-bond acceptors (Lipinski definition) is 3. The number of carbonyl (C=O) groups is 1. The van der Waals surface area contributed by atoms with E-state index in [2.05, 4.69) is 58.7 Å². The van der Waals surface area contributed by atoms with Crippen LogP contribution in [0.25, 0.3) is 0 Å². The minimum atomic E-state index is -0.401. The second-order valence-corrected chi connectivity index (χ2v) is 7.57. The molecule has 136 valence electrons. The van der Waals surface area contributed by atoms with Gasteiger partial charge in [-0.05, 0) is 46.9 Å². The fourth-order valence-electron chi connectivity index (χ4n) is 3.12. The number of ether oxygens (including phenoxy) is 1. The number of aromatic nitrogens is 2. The van der Waals surface area contributed by atoms with Gasteiger partial charge in [0.15, 0.2) is 0 Å². The van der Waals surface area contributed by atoms with Gasteiger partial charge in [0.05, 0.1) is 0 Å². The molecule has 0 bridgehead atoms. The van der Waals surface area contributed by atoms with Crippen LogP contribution in [0, 0.1) is 0 Å². The highest BCUT2D eigenvalue weighted by atomic mass is 16.6. The molecule has 0 aliphatic carbocycles. The highest BCUT2D eigenvalue weighted by Crippen LogP contribution is 2.37. The van der Waals surface area contributed by atoms with Crippen molar-refractivity contribution in [1.29, 1.82) is 0 Å². The first-order valence-electron chi connectivity index (χ1n) is 9.08. The van der Waals surface area contributed by atoms with Crippen molar-refractivity contribution < 1.29 is 9.53 Å². The second kappa shape index (κ2) is 7.85. The first kappa shape index (κ1) is 19.2. The van der Waals surface area contributed by atoms with Crippen LogP contribution in [0.2, 0.25) is 0 Å². The fraction of sp³-hybridized carbons (Fsp3) is 0.524. The predicted octanol–water partition coefficient (Wildman–Crippen LogP) is 6.00. The summed E-state index contributed by atoms with van der Waals surface area (Å²) in [5.74, 6) is 1.19. The summed E-state index contributed by atoms with van der Waals surface area (Å²) in [4.78, 5) is 16.2. The summed E-state index contributed by atoms with van der Waals surface area (Å²) in [6.07, 6.45) is 3.92. The van der Waals surface area contributed by atoms with Gasteiger partial charge in [0, 0.05) is 12.4 Å². The molecule has 1 heterocycles. The van der Waals surface area contributed by atoms with Crippen LogP contribution in [-0.2, 0) is 4.74 Å². The molecular weight excluding hydrogens is 312 g/mol. The summed E-state index contributed by atoms with van der Waals surface area (Å²) in [6.45, 7) is 15.2. The molecule has 0 amide bonds. The average Bonchev–Trinajstić information content (AvgIpc) is 3.07. The number of hydrogen-bond donors (Lipinski definition) is 0. The van der Waals surface area contributed by atoms with Crippen molar-refractivity contribution in [2.24, 2.45) is 0 Å². The molecule has 2 aromatic rings. The van der Waals surface area contributed by atoms with Gasteiger partial charge in [-0.1, -0.05) is 53.7 Å². The number of benzene rings is 1. The van der Waals surface area contributed by atoms with Crippen molar-refractivity contribution >= 4 is 6.09 Å². The Kier molecular flexibility index (Phi) is 6.04. The lowest BCUT2D eigenvalue weighted by Gasteiger charge is -2.26. The lowest BCUT2D eigenvalue weighted by molar-refractivity contribution is 0.107. The standard InChI is InChI=1S/C21H30N2O2/c1-13(2)17-10-18(14(3)4)20(19(11-17)15(5)6)16(7)25-21(24)23-9-8-22-12-23/h8-16H,1-7H3/t16-/m1/s1. The van der Waals surface area contributed by atoms with Gasteiger partial charge in [0.1, 0.15) is 12.4 Å². The van der Waals surface area contributed by atoms with Crippen molar-refractivity contribution in [3.8, 4) is 0 Å². The normalized spacial score (nSPS) is 12.9.